The minimum atomic E-state index is -1.51. The number of halogens is 1. The van der Waals surface area contributed by atoms with E-state index in [9.17, 15) is 18.6 Å². The Morgan fingerprint density at radius 2 is 1.62 bits per heavy atom. The van der Waals surface area contributed by atoms with E-state index in [0.29, 0.717) is 19.7 Å². The first-order valence-corrected chi connectivity index (χ1v) is 14.7. The summed E-state index contributed by atoms with van der Waals surface area (Å²) in [6.07, 6.45) is 1.46. The number of carbonyl (C=O) groups excluding carboxylic acids is 3. The predicted octanol–water partition coefficient (Wildman–Crippen LogP) is 6.55. The molecule has 1 fully saturated rings. The molecular weight excluding hydrogens is 552 g/mol. The molecule has 3 unspecified atom stereocenters. The van der Waals surface area contributed by atoms with Crippen LogP contribution in [0.3, 0.4) is 0 Å². The highest BCUT2D eigenvalue weighted by atomic mass is 35.5. The van der Waals surface area contributed by atoms with Crippen LogP contribution in [-0.2, 0) is 20.4 Å². The van der Waals surface area contributed by atoms with E-state index in [1.165, 1.54) is 11.1 Å². The molecule has 1 aliphatic rings. The highest BCUT2D eigenvalue weighted by Gasteiger charge is 2.53. The van der Waals surface area contributed by atoms with Gasteiger partial charge in [-0.3, -0.25) is 19.3 Å². The predicted molar refractivity (Wildman–Crippen MR) is 153 cm³/mol. The summed E-state index contributed by atoms with van der Waals surface area (Å²) in [5.74, 6) is -3.07. The monoisotopic (exact) mass is 576 g/mol. The Morgan fingerprint density at radius 3 is 2.23 bits per heavy atom. The Kier molecular flexibility index (Phi) is 7.62. The lowest BCUT2D eigenvalue weighted by molar-refractivity contribution is -0.135. The molecule has 0 radical (unpaired) electrons. The number of anilines is 1. The third-order valence-corrected chi connectivity index (χ3v) is 9.68. The van der Waals surface area contributed by atoms with Crippen molar-refractivity contribution < 1.29 is 18.6 Å². The van der Waals surface area contributed by atoms with E-state index >= 15 is 0 Å². The number of amides is 1. The molecule has 4 aromatic rings. The van der Waals surface area contributed by atoms with E-state index in [4.69, 9.17) is 11.6 Å². The van der Waals surface area contributed by atoms with Gasteiger partial charge in [-0.1, -0.05) is 78.7 Å². The summed E-state index contributed by atoms with van der Waals surface area (Å²) in [5, 5.41) is 0.674. The molecule has 1 saturated heterocycles. The topological polar surface area (TPSA) is 84.4 Å². The van der Waals surface area contributed by atoms with Crippen molar-refractivity contribution in [2.45, 2.75) is 41.8 Å². The number of hydrogen-bond acceptors (Lipinski definition) is 6. The van der Waals surface area contributed by atoms with E-state index < -0.39 is 40.2 Å². The fourth-order valence-corrected chi connectivity index (χ4v) is 6.97. The van der Waals surface area contributed by atoms with Gasteiger partial charge in [0.25, 0.3) is 5.91 Å². The van der Waals surface area contributed by atoms with Crippen molar-refractivity contribution in [1.82, 2.24) is 4.98 Å². The molecule has 3 atom stereocenters. The highest BCUT2D eigenvalue weighted by Crippen LogP contribution is 2.43. The van der Waals surface area contributed by atoms with Gasteiger partial charge in [0.1, 0.15) is 10.1 Å². The number of thiazole rings is 1. The van der Waals surface area contributed by atoms with E-state index in [-0.39, 0.29) is 16.6 Å². The number of carbonyl (C=O) groups is 3. The molecule has 3 aromatic carbocycles. The Bertz CT molecular complexity index is 1580. The summed E-state index contributed by atoms with van der Waals surface area (Å²) < 4.78 is 13.7. The van der Waals surface area contributed by atoms with Crippen LogP contribution >= 0.6 is 22.9 Å². The molecule has 0 bridgehead atoms. The zero-order valence-electron chi connectivity index (χ0n) is 21.5. The minimum absolute atomic E-state index is 0.216. The molecule has 198 valence electrons. The molecule has 5 rings (SSSR count). The van der Waals surface area contributed by atoms with Gasteiger partial charge >= 0.3 is 0 Å². The molecule has 0 aliphatic carbocycles. The van der Waals surface area contributed by atoms with Crippen molar-refractivity contribution in [1.29, 1.82) is 0 Å². The summed E-state index contributed by atoms with van der Waals surface area (Å²) in [7, 11) is -1.51. The molecule has 6 nitrogen and oxygen atoms in total. The molecular formula is C30H25ClN2O4S2. The summed E-state index contributed by atoms with van der Waals surface area (Å²) in [5.41, 5.74) is 3.06. The lowest BCUT2D eigenvalue weighted by Crippen LogP contribution is -2.30. The third kappa shape index (κ3) is 5.24. The summed E-state index contributed by atoms with van der Waals surface area (Å²) in [4.78, 5) is 46.8. The summed E-state index contributed by atoms with van der Waals surface area (Å²) in [6, 6.07) is 20.3. The Labute approximate surface area is 238 Å². The van der Waals surface area contributed by atoms with Crippen molar-refractivity contribution in [3.63, 3.8) is 0 Å². The number of nitrogens with zero attached hydrogens (tertiary/aromatic N) is 2. The van der Waals surface area contributed by atoms with Gasteiger partial charge in [0.05, 0.1) is 23.0 Å². The fourth-order valence-electron chi connectivity index (χ4n) is 4.58. The SMILES string of the molecule is Cc1ccc(S(=O)c2cnc(N3C(=O)C(=O)C(C(=O)c4ccc(Cl)cc4)C3c3ccc(C(C)C)cc3)s2)cc1. The molecule has 0 saturated carbocycles. The molecule has 9 heteroatoms. The van der Waals surface area contributed by atoms with Crippen LogP contribution < -0.4 is 4.90 Å². The lowest BCUT2D eigenvalue weighted by atomic mass is 9.86. The molecule has 2 heterocycles. The number of hydrogen-bond donors (Lipinski definition) is 0. The average molecular weight is 577 g/mol. The zero-order valence-corrected chi connectivity index (χ0v) is 23.8. The Morgan fingerprint density at radius 1 is 0.974 bits per heavy atom. The molecule has 1 amide bonds. The van der Waals surface area contributed by atoms with Gasteiger partial charge in [0.15, 0.2) is 10.9 Å². The first-order valence-electron chi connectivity index (χ1n) is 12.4. The molecule has 0 spiro atoms. The van der Waals surface area contributed by atoms with Gasteiger partial charge in [-0.15, -0.1) is 0 Å². The maximum absolute atomic E-state index is 13.7. The quantitative estimate of drug-likeness (QED) is 0.141. The zero-order chi connectivity index (χ0) is 27.8. The fraction of sp³-hybridized carbons (Fsp3) is 0.200. The first-order chi connectivity index (χ1) is 18.7. The van der Waals surface area contributed by atoms with Gasteiger partial charge < -0.3 is 0 Å². The second-order valence-electron chi connectivity index (χ2n) is 9.70. The van der Waals surface area contributed by atoms with Crippen LogP contribution in [0.25, 0.3) is 0 Å². The molecule has 39 heavy (non-hydrogen) atoms. The van der Waals surface area contributed by atoms with E-state index in [1.807, 2.05) is 43.3 Å². The molecule has 1 aromatic heterocycles. The van der Waals surface area contributed by atoms with Crippen molar-refractivity contribution in [3.05, 3.63) is 106 Å². The number of rotatable bonds is 7. The van der Waals surface area contributed by atoms with Gasteiger partial charge in [-0.25, -0.2) is 9.19 Å². The van der Waals surface area contributed by atoms with Crippen LogP contribution in [0.2, 0.25) is 5.02 Å². The lowest BCUT2D eigenvalue weighted by Gasteiger charge is -2.25. The highest BCUT2D eigenvalue weighted by molar-refractivity contribution is 7.87. The summed E-state index contributed by atoms with van der Waals surface area (Å²) in [6.45, 7) is 6.09. The van der Waals surface area contributed by atoms with Gasteiger partial charge in [-0.05, 0) is 60.4 Å². The molecule has 0 N–H and O–H groups in total. The minimum Gasteiger partial charge on any atom is -0.293 e. The van der Waals surface area contributed by atoms with E-state index in [1.54, 1.807) is 36.4 Å². The number of ketones is 2. The van der Waals surface area contributed by atoms with Crippen molar-refractivity contribution in [3.8, 4) is 0 Å². The van der Waals surface area contributed by atoms with Crippen LogP contribution in [0.15, 0.2) is 88.1 Å². The second kappa shape index (κ2) is 11.0. The number of benzene rings is 3. The van der Waals surface area contributed by atoms with Gasteiger partial charge in [0, 0.05) is 15.5 Å². The van der Waals surface area contributed by atoms with Gasteiger partial charge in [-0.2, -0.15) is 0 Å². The summed E-state index contributed by atoms with van der Waals surface area (Å²) >= 11 is 7.08. The van der Waals surface area contributed by atoms with Crippen LogP contribution in [-0.4, -0.2) is 26.7 Å². The number of Topliss-reactive ketones (excluding diaryl/α,β-unsaturated/α-hetero) is 2. The Balaban J connectivity index is 1.57. The van der Waals surface area contributed by atoms with Crippen molar-refractivity contribution in [2.75, 3.05) is 4.90 Å². The standard InChI is InChI=1S/C30H25ClN2O4S2/c1-17(2)19-6-8-20(9-7-19)26-25(27(34)21-10-12-22(31)13-11-21)28(35)29(36)33(26)30-32-16-24(38-30)39(37)23-14-4-18(3)5-15-23/h4-17,25-26H,1-3H3. The average Bonchev–Trinajstić information content (AvgIpc) is 3.51. The van der Waals surface area contributed by atoms with E-state index in [2.05, 4.69) is 18.8 Å². The number of aryl methyl sites for hydroxylation is 1. The smallest absolute Gasteiger partial charge is 0.293 e. The third-order valence-electron chi connectivity index (χ3n) is 6.76. The van der Waals surface area contributed by atoms with Crippen molar-refractivity contribution in [2.24, 2.45) is 5.92 Å². The van der Waals surface area contributed by atoms with Crippen molar-refractivity contribution >= 4 is 56.3 Å². The number of aromatic nitrogens is 1. The van der Waals surface area contributed by atoms with Gasteiger partial charge in [0.2, 0.25) is 5.78 Å². The first kappa shape index (κ1) is 27.1. The maximum atomic E-state index is 13.7. The normalized spacial score (nSPS) is 18.1. The Hall–Kier alpha value is -3.46. The molecule has 1 aliphatic heterocycles. The second-order valence-corrected chi connectivity index (χ2v) is 12.9. The largest absolute Gasteiger partial charge is 0.297 e. The van der Waals surface area contributed by atoms with Crippen LogP contribution in [0, 0.1) is 12.8 Å². The van der Waals surface area contributed by atoms with E-state index in [0.717, 1.165) is 22.5 Å². The van der Waals surface area contributed by atoms with Crippen LogP contribution in [0.5, 0.6) is 0 Å². The van der Waals surface area contributed by atoms with Crippen LogP contribution in [0.1, 0.15) is 52.9 Å². The maximum Gasteiger partial charge on any atom is 0.297 e. The van der Waals surface area contributed by atoms with Crippen LogP contribution in [0.4, 0.5) is 5.13 Å².